The number of nitrogens with zero attached hydrogens (tertiary/aromatic N) is 1. The maximum Gasteiger partial charge on any atom is 0.339 e. The van der Waals surface area contributed by atoms with Crippen molar-refractivity contribution in [2.75, 3.05) is 12.4 Å². The highest BCUT2D eigenvalue weighted by molar-refractivity contribution is 7.19. The zero-order chi connectivity index (χ0) is 22.0. The van der Waals surface area contributed by atoms with E-state index in [9.17, 15) is 9.59 Å². The van der Waals surface area contributed by atoms with Crippen molar-refractivity contribution in [2.24, 2.45) is 0 Å². The zero-order valence-electron chi connectivity index (χ0n) is 17.4. The molecule has 2 aromatic carbocycles. The Morgan fingerprint density at radius 1 is 0.968 bits per heavy atom. The molecule has 0 saturated heterocycles. The van der Waals surface area contributed by atoms with Gasteiger partial charge in [-0.3, -0.25) is 10.1 Å². The number of carbonyl (C=O) groups excluding carboxylic acids is 2. The van der Waals surface area contributed by atoms with Gasteiger partial charge in [0.25, 0.3) is 5.91 Å². The second-order valence-electron chi connectivity index (χ2n) is 7.00. The van der Waals surface area contributed by atoms with Crippen LogP contribution < -0.4 is 5.32 Å². The molecule has 2 aromatic heterocycles. The minimum atomic E-state index is -0.475. The molecule has 1 amide bonds. The van der Waals surface area contributed by atoms with Crippen LogP contribution in [-0.2, 0) is 4.74 Å². The van der Waals surface area contributed by atoms with E-state index >= 15 is 0 Å². The number of esters is 1. The largest absolute Gasteiger partial charge is 0.465 e. The number of aromatic amines is 1. The maximum atomic E-state index is 13.0. The molecule has 0 spiro atoms. The predicted octanol–water partition coefficient (Wildman–Crippen LogP) is 5.46. The second kappa shape index (κ2) is 8.57. The van der Waals surface area contributed by atoms with Crippen molar-refractivity contribution in [1.82, 2.24) is 9.97 Å². The summed E-state index contributed by atoms with van der Waals surface area (Å²) >= 11 is 1.41. The van der Waals surface area contributed by atoms with Gasteiger partial charge in [-0.05, 0) is 25.0 Å². The molecule has 7 heteroatoms. The first-order valence-corrected chi connectivity index (χ1v) is 10.5. The van der Waals surface area contributed by atoms with Gasteiger partial charge in [-0.25, -0.2) is 9.78 Å². The molecule has 4 rings (SSSR count). The molecule has 2 N–H and O–H groups in total. The van der Waals surface area contributed by atoms with Crippen LogP contribution in [0.3, 0.4) is 0 Å². The number of H-pyrrole nitrogens is 1. The molecule has 0 fully saturated rings. The third-order valence-corrected chi connectivity index (χ3v) is 6.00. The average molecular weight is 432 g/mol. The molecule has 156 valence electrons. The molecule has 0 aliphatic carbocycles. The molecule has 4 aromatic rings. The molecule has 31 heavy (non-hydrogen) atoms. The van der Waals surface area contributed by atoms with Gasteiger partial charge < -0.3 is 9.72 Å². The number of aryl methyl sites for hydroxylation is 1. The highest BCUT2D eigenvalue weighted by Crippen LogP contribution is 2.39. The molecule has 0 atom stereocenters. The molecule has 0 radical (unpaired) electrons. The van der Waals surface area contributed by atoms with Crippen molar-refractivity contribution in [3.8, 4) is 21.7 Å². The van der Waals surface area contributed by atoms with Gasteiger partial charge >= 0.3 is 5.97 Å². The Labute approximate surface area is 183 Å². The van der Waals surface area contributed by atoms with Crippen molar-refractivity contribution < 1.29 is 14.3 Å². The number of ether oxygens (including phenoxy) is 1. The monoisotopic (exact) mass is 431 g/mol. The van der Waals surface area contributed by atoms with Crippen molar-refractivity contribution in [3.63, 3.8) is 0 Å². The van der Waals surface area contributed by atoms with Crippen molar-refractivity contribution in [1.29, 1.82) is 0 Å². The summed E-state index contributed by atoms with van der Waals surface area (Å²) < 4.78 is 4.83. The lowest BCUT2D eigenvalue weighted by molar-refractivity contribution is 0.0599. The molecule has 0 saturated carbocycles. The second-order valence-corrected chi connectivity index (χ2v) is 8.00. The standard InChI is InChI=1S/C24H21N3O3S/c1-14-18(23(29)30-3)15(2)25-19(14)22(28)27-24-26-20(16-10-6-4-7-11-16)21(31-24)17-12-8-5-9-13-17/h4-13,25H,1-3H3,(H,26,27,28). The van der Waals surface area contributed by atoms with Crippen LogP contribution in [0.5, 0.6) is 0 Å². The van der Waals surface area contributed by atoms with Crippen LogP contribution >= 0.6 is 11.3 Å². The van der Waals surface area contributed by atoms with Gasteiger partial charge in [-0.2, -0.15) is 0 Å². The van der Waals surface area contributed by atoms with E-state index in [-0.39, 0.29) is 5.91 Å². The number of carbonyl (C=O) groups is 2. The minimum Gasteiger partial charge on any atom is -0.465 e. The van der Waals surface area contributed by atoms with E-state index in [4.69, 9.17) is 9.72 Å². The average Bonchev–Trinajstić information content (AvgIpc) is 3.35. The summed E-state index contributed by atoms with van der Waals surface area (Å²) in [6, 6.07) is 19.8. The molecular formula is C24H21N3O3S. The number of amides is 1. The number of hydrogen-bond acceptors (Lipinski definition) is 5. The molecule has 0 aliphatic rings. The molecule has 0 aliphatic heterocycles. The molecule has 2 heterocycles. The lowest BCUT2D eigenvalue weighted by Gasteiger charge is -2.02. The van der Waals surface area contributed by atoms with Crippen LogP contribution in [0, 0.1) is 13.8 Å². The number of methoxy groups -OCH3 is 1. The van der Waals surface area contributed by atoms with Gasteiger partial charge in [0.2, 0.25) is 0 Å². The predicted molar refractivity (Wildman–Crippen MR) is 123 cm³/mol. The van der Waals surface area contributed by atoms with Gasteiger partial charge in [0.1, 0.15) is 5.69 Å². The summed E-state index contributed by atoms with van der Waals surface area (Å²) in [6.45, 7) is 3.46. The van der Waals surface area contributed by atoms with E-state index in [0.717, 1.165) is 21.7 Å². The highest BCUT2D eigenvalue weighted by atomic mass is 32.1. The number of thiazole rings is 1. The van der Waals surface area contributed by atoms with Crippen LogP contribution in [0.1, 0.15) is 32.1 Å². The molecular weight excluding hydrogens is 410 g/mol. The Bertz CT molecular complexity index is 1190. The third kappa shape index (κ3) is 4.00. The molecule has 0 unspecified atom stereocenters. The SMILES string of the molecule is COC(=O)c1c(C)[nH]c(C(=O)Nc2nc(-c3ccccc3)c(-c3ccccc3)s2)c1C. The van der Waals surface area contributed by atoms with Crippen LogP contribution in [0.15, 0.2) is 60.7 Å². The number of aromatic nitrogens is 2. The summed E-state index contributed by atoms with van der Waals surface area (Å²) in [7, 11) is 1.32. The van der Waals surface area contributed by atoms with Crippen LogP contribution in [0.25, 0.3) is 21.7 Å². The number of anilines is 1. The zero-order valence-corrected chi connectivity index (χ0v) is 18.2. The third-order valence-electron chi connectivity index (χ3n) is 4.98. The van der Waals surface area contributed by atoms with Crippen molar-refractivity contribution >= 4 is 28.3 Å². The summed E-state index contributed by atoms with van der Waals surface area (Å²) in [6.07, 6.45) is 0. The summed E-state index contributed by atoms with van der Waals surface area (Å²) in [5.41, 5.74) is 4.63. The number of nitrogens with one attached hydrogen (secondary N) is 2. The minimum absolute atomic E-state index is 0.315. The van der Waals surface area contributed by atoms with E-state index in [1.54, 1.807) is 13.8 Å². The van der Waals surface area contributed by atoms with Crippen LogP contribution in [-0.4, -0.2) is 29.0 Å². The normalized spacial score (nSPS) is 10.7. The molecule has 6 nitrogen and oxygen atoms in total. The van der Waals surface area contributed by atoms with E-state index in [2.05, 4.69) is 10.3 Å². The summed E-state index contributed by atoms with van der Waals surface area (Å²) in [5, 5.41) is 3.36. The fourth-order valence-corrected chi connectivity index (χ4v) is 4.48. The van der Waals surface area contributed by atoms with E-state index < -0.39 is 5.97 Å². The molecule has 0 bridgehead atoms. The number of hydrogen-bond donors (Lipinski definition) is 2. The van der Waals surface area contributed by atoms with E-state index in [0.29, 0.717) is 27.6 Å². The van der Waals surface area contributed by atoms with Gasteiger partial charge in [-0.1, -0.05) is 72.0 Å². The Morgan fingerprint density at radius 2 is 1.58 bits per heavy atom. The first kappa shape index (κ1) is 20.6. The highest BCUT2D eigenvalue weighted by Gasteiger charge is 2.24. The maximum absolute atomic E-state index is 13.0. The van der Waals surface area contributed by atoms with E-state index in [1.807, 2.05) is 60.7 Å². The first-order valence-electron chi connectivity index (χ1n) is 9.70. The van der Waals surface area contributed by atoms with Gasteiger partial charge in [0, 0.05) is 11.3 Å². The Kier molecular flexibility index (Phi) is 5.68. The Balaban J connectivity index is 1.71. The van der Waals surface area contributed by atoms with Gasteiger partial charge in [0.05, 0.1) is 23.2 Å². The topological polar surface area (TPSA) is 84.1 Å². The lowest BCUT2D eigenvalue weighted by atomic mass is 10.1. The summed E-state index contributed by atoms with van der Waals surface area (Å²) in [4.78, 5) is 33.7. The van der Waals surface area contributed by atoms with Crippen molar-refractivity contribution in [2.45, 2.75) is 13.8 Å². The quantitative estimate of drug-likeness (QED) is 0.411. The summed E-state index contributed by atoms with van der Waals surface area (Å²) in [5.74, 6) is -0.832. The van der Waals surface area contributed by atoms with E-state index in [1.165, 1.54) is 18.4 Å². The fourth-order valence-electron chi connectivity index (χ4n) is 3.50. The smallest absolute Gasteiger partial charge is 0.339 e. The van der Waals surface area contributed by atoms with Crippen LogP contribution in [0.2, 0.25) is 0 Å². The number of rotatable bonds is 5. The Hall–Kier alpha value is -3.71. The van der Waals surface area contributed by atoms with Crippen molar-refractivity contribution in [3.05, 3.63) is 83.2 Å². The first-order chi connectivity index (χ1) is 15.0. The lowest BCUT2D eigenvalue weighted by Crippen LogP contribution is -2.14. The van der Waals surface area contributed by atoms with Gasteiger partial charge in [-0.15, -0.1) is 0 Å². The Morgan fingerprint density at radius 3 is 2.19 bits per heavy atom. The van der Waals surface area contributed by atoms with Gasteiger partial charge in [0.15, 0.2) is 5.13 Å². The van der Waals surface area contributed by atoms with Crippen LogP contribution in [0.4, 0.5) is 5.13 Å². The number of benzene rings is 2. The fraction of sp³-hybridized carbons (Fsp3) is 0.125.